The maximum atomic E-state index is 13.4. The Hall–Kier alpha value is -6.38. The van der Waals surface area contributed by atoms with Crippen molar-refractivity contribution in [2.24, 2.45) is 5.92 Å². The number of nitrogens with zero attached hydrogens (tertiary/aromatic N) is 5. The number of amides is 3. The van der Waals surface area contributed by atoms with Crippen molar-refractivity contribution in [1.82, 2.24) is 40.2 Å². The summed E-state index contributed by atoms with van der Waals surface area (Å²) >= 11 is 0. The fourth-order valence-corrected chi connectivity index (χ4v) is 7.04. The number of hydrogen-bond donors (Lipinski definition) is 3. The Morgan fingerprint density at radius 1 is 0.891 bits per heavy atom. The Kier molecular flexibility index (Phi) is 12.3. The molecule has 2 aromatic carbocycles. The number of carbonyl (C=O) groups excluding carboxylic acids is 4. The van der Waals surface area contributed by atoms with E-state index in [9.17, 15) is 19.2 Å². The molecule has 0 saturated carbocycles. The molecule has 0 unspecified atom stereocenters. The number of hydrogen-bond acceptors (Lipinski definition) is 9. The van der Waals surface area contributed by atoms with Crippen molar-refractivity contribution in [2.75, 3.05) is 27.3 Å². The fourth-order valence-electron chi connectivity index (χ4n) is 7.04. The monoisotopic (exact) mass is 744 g/mol. The number of imidazole rings is 2. The summed E-state index contributed by atoms with van der Waals surface area (Å²) in [6.07, 6.45) is 6.00. The second kappa shape index (κ2) is 17.6. The number of methoxy groups -OCH3 is 2. The largest absolute Gasteiger partial charge is 0.453 e. The van der Waals surface area contributed by atoms with E-state index in [0.717, 1.165) is 48.8 Å². The molecule has 4 heterocycles. The topological polar surface area (TPSA) is 166 Å². The molecule has 2 aliphatic rings. The Balaban J connectivity index is 1.10. The van der Waals surface area contributed by atoms with Crippen molar-refractivity contribution in [3.63, 3.8) is 0 Å². The molecule has 2 aliphatic heterocycles. The zero-order valence-electron chi connectivity index (χ0n) is 31.2. The molecule has 2 saturated heterocycles. The van der Waals surface area contributed by atoms with Gasteiger partial charge in [-0.15, -0.1) is 0 Å². The van der Waals surface area contributed by atoms with Gasteiger partial charge in [0.1, 0.15) is 35.7 Å². The number of H-pyrrole nitrogens is 2. The number of aldehydes is 1. The van der Waals surface area contributed by atoms with Crippen LogP contribution in [0.3, 0.4) is 0 Å². The molecule has 0 spiro atoms. The van der Waals surface area contributed by atoms with Gasteiger partial charge >= 0.3 is 12.2 Å². The molecule has 0 radical (unpaired) electrons. The van der Waals surface area contributed by atoms with Gasteiger partial charge in [-0.3, -0.25) is 4.79 Å². The van der Waals surface area contributed by atoms with Gasteiger partial charge in [0.05, 0.1) is 44.4 Å². The first-order valence-electron chi connectivity index (χ1n) is 18.2. The van der Waals surface area contributed by atoms with Crippen LogP contribution >= 0.6 is 0 Å². The zero-order valence-corrected chi connectivity index (χ0v) is 31.2. The normalized spacial score (nSPS) is 17.7. The van der Waals surface area contributed by atoms with Gasteiger partial charge < -0.3 is 34.5 Å². The molecule has 2 fully saturated rings. The summed E-state index contributed by atoms with van der Waals surface area (Å²) in [7, 11) is 2.58. The maximum Gasteiger partial charge on any atom is 0.425 e. The molecule has 4 atom stereocenters. The summed E-state index contributed by atoms with van der Waals surface area (Å²) in [5.74, 6) is 12.9. The van der Waals surface area contributed by atoms with Gasteiger partial charge in [-0.1, -0.05) is 62.2 Å². The summed E-state index contributed by atoms with van der Waals surface area (Å²) in [6.45, 7) is 4.88. The third-order valence-corrected chi connectivity index (χ3v) is 9.81. The van der Waals surface area contributed by atoms with E-state index < -0.39 is 24.3 Å². The first-order chi connectivity index (χ1) is 26.7. The summed E-state index contributed by atoms with van der Waals surface area (Å²) in [6, 6.07) is 14.8. The Morgan fingerprint density at radius 2 is 1.58 bits per heavy atom. The third kappa shape index (κ3) is 8.72. The first kappa shape index (κ1) is 38.3. The number of aromatic amines is 2. The second-order valence-corrected chi connectivity index (χ2v) is 13.6. The van der Waals surface area contributed by atoms with E-state index in [4.69, 9.17) is 9.47 Å². The molecular weight excluding hydrogens is 701 g/mol. The number of aromatic nitrogens is 4. The van der Waals surface area contributed by atoms with E-state index in [1.807, 2.05) is 73.5 Å². The Bertz CT molecular complexity index is 2110. The molecule has 14 heteroatoms. The van der Waals surface area contributed by atoms with Crippen LogP contribution in [-0.4, -0.2) is 92.6 Å². The maximum absolute atomic E-state index is 13.4. The Morgan fingerprint density at radius 3 is 2.29 bits per heavy atom. The van der Waals surface area contributed by atoms with Gasteiger partial charge in [0, 0.05) is 18.7 Å². The van der Waals surface area contributed by atoms with Crippen LogP contribution in [0.2, 0.25) is 0 Å². The molecule has 55 heavy (non-hydrogen) atoms. The standard InChI is InChI=1S/C41H44N8O6/c1-27(2)36(46-40(52)54-3)39(51)47-22-10-16-33(47)37-42-24-31(44-37)15-9-8-12-28-18-20-29(21-19-28)32-25-43-38(45-32)34-17-11-23-48(34)49(41(53)55-4)35(26-50)30-13-6-5-7-14-30/h5-7,13-14,18-21,24-27,33-36H,10-11,16-17,22-23H2,1-4H3,(H,42,44)(H,43,45)(H,46,52)/t33-,34-,35+,36-/m0/s1. The number of carbonyl (C=O) groups is 4. The minimum atomic E-state index is -0.846. The molecule has 0 bridgehead atoms. The fraction of sp³-hybridized carbons (Fsp3) is 0.366. The van der Waals surface area contributed by atoms with E-state index >= 15 is 0 Å². The molecule has 4 aromatic rings. The lowest BCUT2D eigenvalue weighted by Crippen LogP contribution is -2.51. The molecule has 6 rings (SSSR count). The van der Waals surface area contributed by atoms with Crippen LogP contribution in [0.15, 0.2) is 67.0 Å². The number of alkyl carbamates (subject to hydrolysis) is 1. The smallest absolute Gasteiger partial charge is 0.425 e. The predicted molar refractivity (Wildman–Crippen MR) is 202 cm³/mol. The minimum absolute atomic E-state index is 0.121. The average molecular weight is 745 g/mol. The van der Waals surface area contributed by atoms with Crippen LogP contribution in [0.4, 0.5) is 9.59 Å². The number of benzene rings is 2. The minimum Gasteiger partial charge on any atom is -0.453 e. The number of nitrogens with one attached hydrogen (secondary N) is 3. The van der Waals surface area contributed by atoms with E-state index in [1.165, 1.54) is 19.2 Å². The summed E-state index contributed by atoms with van der Waals surface area (Å²) in [5.41, 5.74) is 3.76. The molecular formula is C41H44N8O6. The number of rotatable bonds is 10. The van der Waals surface area contributed by atoms with E-state index in [2.05, 4.69) is 48.9 Å². The lowest BCUT2D eigenvalue weighted by molar-refractivity contribution is -0.135. The van der Waals surface area contributed by atoms with Crippen LogP contribution in [0, 0.1) is 29.6 Å². The van der Waals surface area contributed by atoms with Crippen LogP contribution in [0.5, 0.6) is 0 Å². The molecule has 0 aliphatic carbocycles. The number of ether oxygens (including phenoxy) is 2. The molecule has 284 valence electrons. The van der Waals surface area contributed by atoms with E-state index in [-0.39, 0.29) is 23.9 Å². The molecule has 2 aromatic heterocycles. The van der Waals surface area contributed by atoms with Crippen molar-refractivity contribution in [3.8, 4) is 34.9 Å². The van der Waals surface area contributed by atoms with Crippen molar-refractivity contribution >= 4 is 24.4 Å². The van der Waals surface area contributed by atoms with Gasteiger partial charge in [-0.25, -0.2) is 29.6 Å². The van der Waals surface area contributed by atoms with Crippen molar-refractivity contribution in [3.05, 3.63) is 95.5 Å². The lowest BCUT2D eigenvalue weighted by Gasteiger charge is -2.37. The van der Waals surface area contributed by atoms with Crippen LogP contribution in [-0.2, 0) is 19.1 Å². The lowest BCUT2D eigenvalue weighted by atomic mass is 10.0. The van der Waals surface area contributed by atoms with Crippen LogP contribution < -0.4 is 5.32 Å². The van der Waals surface area contributed by atoms with Gasteiger partial charge in [0.25, 0.3) is 0 Å². The highest BCUT2D eigenvalue weighted by molar-refractivity contribution is 5.86. The third-order valence-electron chi connectivity index (χ3n) is 9.81. The van der Waals surface area contributed by atoms with E-state index in [0.29, 0.717) is 36.0 Å². The van der Waals surface area contributed by atoms with Gasteiger partial charge in [0.15, 0.2) is 0 Å². The van der Waals surface area contributed by atoms with Crippen LogP contribution in [0.1, 0.15) is 86.1 Å². The van der Waals surface area contributed by atoms with E-state index in [1.54, 1.807) is 17.3 Å². The number of hydrazine groups is 1. The summed E-state index contributed by atoms with van der Waals surface area (Å²) in [5, 5.41) is 5.92. The molecule has 3 N–H and O–H groups in total. The summed E-state index contributed by atoms with van der Waals surface area (Å²) in [4.78, 5) is 68.2. The quantitative estimate of drug-likeness (QED) is 0.144. The zero-order chi connectivity index (χ0) is 38.9. The SMILES string of the molecule is COC(=O)N[C@H](C(=O)N1CCC[C@H]1c1ncc(C#CC#Cc2ccc(-c3cnc([C@@H]4CCCN4N(C(=O)OC)[C@H](C=O)c4ccccc4)[nH]3)cc2)[nH]1)C(C)C. The van der Waals surface area contributed by atoms with Crippen molar-refractivity contribution in [1.29, 1.82) is 0 Å². The van der Waals surface area contributed by atoms with Gasteiger partial charge in [-0.2, -0.15) is 0 Å². The highest BCUT2D eigenvalue weighted by Gasteiger charge is 2.40. The Labute approximate surface area is 320 Å². The summed E-state index contributed by atoms with van der Waals surface area (Å²) < 4.78 is 9.84. The van der Waals surface area contributed by atoms with Crippen LogP contribution in [0.25, 0.3) is 11.3 Å². The number of likely N-dealkylation sites (tertiary alicyclic amines) is 1. The van der Waals surface area contributed by atoms with Crippen molar-refractivity contribution in [2.45, 2.75) is 63.7 Å². The van der Waals surface area contributed by atoms with Gasteiger partial charge in [-0.05, 0) is 72.6 Å². The predicted octanol–water partition coefficient (Wildman–Crippen LogP) is 5.31. The second-order valence-electron chi connectivity index (χ2n) is 13.6. The van der Waals surface area contributed by atoms with Crippen molar-refractivity contribution < 1.29 is 28.7 Å². The highest BCUT2D eigenvalue weighted by Crippen LogP contribution is 2.36. The highest BCUT2D eigenvalue weighted by atomic mass is 16.5. The van der Waals surface area contributed by atoms with Gasteiger partial charge in [0.2, 0.25) is 5.91 Å². The first-order valence-corrected chi connectivity index (χ1v) is 18.2. The molecule has 14 nitrogen and oxygen atoms in total. The average Bonchev–Trinajstić information content (AvgIpc) is 4.05. The molecule has 3 amide bonds.